The van der Waals surface area contributed by atoms with Gasteiger partial charge in [0, 0.05) is 0 Å². The number of hydrogen-bond donors (Lipinski definition) is 1. The molecule has 3 heteroatoms. The topological polar surface area (TPSA) is 63.0 Å². The summed E-state index contributed by atoms with van der Waals surface area (Å²) < 4.78 is 5.21. The van der Waals surface area contributed by atoms with Crippen LogP contribution in [0.1, 0.15) is 30.4 Å². The van der Waals surface area contributed by atoms with Crippen LogP contribution in [-0.2, 0) is 0 Å². The minimum atomic E-state index is -0.00731. The standard InChI is InChI=1S/C9H10N2O/c10-5-7-3-4-8(12-7)9(11)6-1-2-6/h3-4,6,9H,1-2,11H2/t9-/m0/s1. The molecule has 1 aromatic rings. The smallest absolute Gasteiger partial charge is 0.203 e. The largest absolute Gasteiger partial charge is 0.449 e. The predicted molar refractivity (Wildman–Crippen MR) is 43.1 cm³/mol. The molecule has 1 atom stereocenters. The fraction of sp³-hybridized carbons (Fsp3) is 0.444. The minimum absolute atomic E-state index is 0.00731. The summed E-state index contributed by atoms with van der Waals surface area (Å²) in [5.74, 6) is 1.66. The zero-order valence-electron chi connectivity index (χ0n) is 6.66. The lowest BCUT2D eigenvalue weighted by Crippen LogP contribution is -2.10. The van der Waals surface area contributed by atoms with Crippen molar-refractivity contribution in [3.8, 4) is 6.07 Å². The number of rotatable bonds is 2. The third-order valence-corrected chi connectivity index (χ3v) is 2.20. The van der Waals surface area contributed by atoms with Crippen molar-refractivity contribution in [2.45, 2.75) is 18.9 Å². The first kappa shape index (κ1) is 7.38. The van der Waals surface area contributed by atoms with Gasteiger partial charge in [-0.15, -0.1) is 0 Å². The molecule has 1 aliphatic carbocycles. The Bertz CT molecular complexity index is 320. The lowest BCUT2D eigenvalue weighted by atomic mass is 10.1. The maximum Gasteiger partial charge on any atom is 0.203 e. The fourth-order valence-corrected chi connectivity index (χ4v) is 1.28. The second kappa shape index (κ2) is 2.65. The van der Waals surface area contributed by atoms with Gasteiger partial charge in [0.1, 0.15) is 11.8 Å². The molecule has 62 valence electrons. The summed E-state index contributed by atoms with van der Waals surface area (Å²) in [6, 6.07) is 5.39. The lowest BCUT2D eigenvalue weighted by Gasteiger charge is -2.04. The average Bonchev–Trinajstić information content (AvgIpc) is 2.82. The average molecular weight is 162 g/mol. The van der Waals surface area contributed by atoms with E-state index in [0.717, 1.165) is 5.76 Å². The first-order chi connectivity index (χ1) is 5.81. The van der Waals surface area contributed by atoms with Crippen LogP contribution in [0.25, 0.3) is 0 Å². The quantitative estimate of drug-likeness (QED) is 0.717. The Balaban J connectivity index is 2.17. The molecular formula is C9H10N2O. The molecule has 1 aromatic heterocycles. The molecule has 1 aliphatic rings. The van der Waals surface area contributed by atoms with Gasteiger partial charge in [-0.25, -0.2) is 0 Å². The second-order valence-electron chi connectivity index (χ2n) is 3.18. The molecule has 0 aliphatic heterocycles. The van der Waals surface area contributed by atoms with Gasteiger partial charge in [0.2, 0.25) is 5.76 Å². The van der Waals surface area contributed by atoms with Gasteiger partial charge in [-0.1, -0.05) is 0 Å². The molecule has 12 heavy (non-hydrogen) atoms. The molecule has 0 bridgehead atoms. The number of nitriles is 1. The van der Waals surface area contributed by atoms with Gasteiger partial charge in [-0.05, 0) is 30.9 Å². The van der Waals surface area contributed by atoms with Crippen molar-refractivity contribution in [1.29, 1.82) is 5.26 Å². The summed E-state index contributed by atoms with van der Waals surface area (Å²) in [5, 5.41) is 8.50. The molecule has 0 saturated heterocycles. The molecule has 0 radical (unpaired) electrons. The van der Waals surface area contributed by atoms with E-state index in [2.05, 4.69) is 0 Å². The van der Waals surface area contributed by atoms with Gasteiger partial charge in [-0.2, -0.15) is 5.26 Å². The van der Waals surface area contributed by atoms with E-state index in [1.165, 1.54) is 12.8 Å². The number of furan rings is 1. The van der Waals surface area contributed by atoms with Crippen molar-refractivity contribution in [2.75, 3.05) is 0 Å². The van der Waals surface area contributed by atoms with Crippen LogP contribution in [0.2, 0.25) is 0 Å². The molecule has 0 spiro atoms. The highest BCUT2D eigenvalue weighted by Crippen LogP contribution is 2.39. The molecule has 1 saturated carbocycles. The van der Waals surface area contributed by atoms with E-state index in [1.54, 1.807) is 12.1 Å². The first-order valence-corrected chi connectivity index (χ1v) is 4.06. The zero-order valence-corrected chi connectivity index (χ0v) is 6.66. The molecule has 0 aromatic carbocycles. The van der Waals surface area contributed by atoms with Crippen LogP contribution in [0.3, 0.4) is 0 Å². The summed E-state index contributed by atoms with van der Waals surface area (Å²) in [6.45, 7) is 0. The van der Waals surface area contributed by atoms with Gasteiger partial charge in [0.05, 0.1) is 6.04 Å². The van der Waals surface area contributed by atoms with E-state index in [9.17, 15) is 0 Å². The number of nitrogens with two attached hydrogens (primary N) is 1. The van der Waals surface area contributed by atoms with Crippen LogP contribution in [0, 0.1) is 17.2 Å². The lowest BCUT2D eigenvalue weighted by molar-refractivity contribution is 0.435. The third-order valence-electron chi connectivity index (χ3n) is 2.20. The van der Waals surface area contributed by atoms with Crippen molar-refractivity contribution in [2.24, 2.45) is 11.7 Å². The monoisotopic (exact) mass is 162 g/mol. The normalized spacial score (nSPS) is 18.7. The summed E-state index contributed by atoms with van der Waals surface area (Å²) in [5.41, 5.74) is 5.87. The number of nitrogens with zero attached hydrogens (tertiary/aromatic N) is 1. The summed E-state index contributed by atoms with van der Waals surface area (Å²) in [4.78, 5) is 0. The fourth-order valence-electron chi connectivity index (χ4n) is 1.28. The molecule has 2 rings (SSSR count). The van der Waals surface area contributed by atoms with Crippen LogP contribution in [0.4, 0.5) is 0 Å². The van der Waals surface area contributed by atoms with Crippen LogP contribution in [0.15, 0.2) is 16.5 Å². The van der Waals surface area contributed by atoms with Crippen molar-refractivity contribution in [1.82, 2.24) is 0 Å². The summed E-state index contributed by atoms with van der Waals surface area (Å²) >= 11 is 0. The highest BCUT2D eigenvalue weighted by Gasteiger charge is 2.31. The maximum absolute atomic E-state index is 8.50. The molecule has 0 unspecified atom stereocenters. The summed E-state index contributed by atoms with van der Waals surface area (Å²) in [7, 11) is 0. The Labute approximate surface area is 70.8 Å². The van der Waals surface area contributed by atoms with E-state index < -0.39 is 0 Å². The Morgan fingerprint density at radius 1 is 1.58 bits per heavy atom. The highest BCUT2D eigenvalue weighted by molar-refractivity contribution is 5.21. The minimum Gasteiger partial charge on any atom is -0.449 e. The van der Waals surface area contributed by atoms with Gasteiger partial charge in [-0.3, -0.25) is 0 Å². The van der Waals surface area contributed by atoms with Gasteiger partial charge >= 0.3 is 0 Å². The van der Waals surface area contributed by atoms with Crippen molar-refractivity contribution in [3.63, 3.8) is 0 Å². The molecule has 0 amide bonds. The van der Waals surface area contributed by atoms with E-state index in [-0.39, 0.29) is 6.04 Å². The first-order valence-electron chi connectivity index (χ1n) is 4.06. The predicted octanol–water partition coefficient (Wildman–Crippen LogP) is 1.56. The van der Waals surface area contributed by atoms with Crippen LogP contribution >= 0.6 is 0 Å². The molecular weight excluding hydrogens is 152 g/mol. The van der Waals surface area contributed by atoms with Crippen LogP contribution in [-0.4, -0.2) is 0 Å². The Kier molecular flexibility index (Phi) is 1.63. The second-order valence-corrected chi connectivity index (χ2v) is 3.18. The molecule has 2 N–H and O–H groups in total. The Morgan fingerprint density at radius 2 is 2.33 bits per heavy atom. The van der Waals surface area contributed by atoms with Crippen molar-refractivity contribution >= 4 is 0 Å². The van der Waals surface area contributed by atoms with E-state index in [0.29, 0.717) is 11.7 Å². The van der Waals surface area contributed by atoms with Crippen LogP contribution in [0.5, 0.6) is 0 Å². The van der Waals surface area contributed by atoms with E-state index >= 15 is 0 Å². The zero-order chi connectivity index (χ0) is 8.55. The Hall–Kier alpha value is -1.27. The SMILES string of the molecule is N#Cc1ccc([C@@H](N)C2CC2)o1. The third kappa shape index (κ3) is 1.21. The molecule has 3 nitrogen and oxygen atoms in total. The Morgan fingerprint density at radius 3 is 2.83 bits per heavy atom. The van der Waals surface area contributed by atoms with E-state index in [4.69, 9.17) is 15.4 Å². The molecule has 1 fully saturated rings. The van der Waals surface area contributed by atoms with Crippen LogP contribution < -0.4 is 5.73 Å². The highest BCUT2D eigenvalue weighted by atomic mass is 16.3. The molecule has 1 heterocycles. The van der Waals surface area contributed by atoms with Gasteiger partial charge in [0.15, 0.2) is 0 Å². The summed E-state index contributed by atoms with van der Waals surface area (Å²) in [6.07, 6.45) is 2.37. The van der Waals surface area contributed by atoms with Crippen molar-refractivity contribution in [3.05, 3.63) is 23.7 Å². The number of hydrogen-bond acceptors (Lipinski definition) is 3. The maximum atomic E-state index is 8.50. The van der Waals surface area contributed by atoms with Gasteiger partial charge in [0.25, 0.3) is 0 Å². The van der Waals surface area contributed by atoms with Gasteiger partial charge < -0.3 is 10.2 Å². The van der Waals surface area contributed by atoms with Crippen molar-refractivity contribution < 1.29 is 4.42 Å². The van der Waals surface area contributed by atoms with E-state index in [1.807, 2.05) is 6.07 Å².